The van der Waals surface area contributed by atoms with E-state index < -0.39 is 6.29 Å². The van der Waals surface area contributed by atoms with Gasteiger partial charge in [-0.3, -0.25) is 4.40 Å². The second kappa shape index (κ2) is 4.66. The number of hydrogen-bond acceptors (Lipinski definition) is 3. The first-order chi connectivity index (χ1) is 10.1. The van der Waals surface area contributed by atoms with Gasteiger partial charge in [0.1, 0.15) is 11.8 Å². The van der Waals surface area contributed by atoms with Crippen molar-refractivity contribution in [1.82, 2.24) is 9.38 Å². The molecule has 1 aliphatic heterocycles. The third kappa shape index (κ3) is 1.92. The molecule has 1 N–H and O–H groups in total. The lowest BCUT2D eigenvalue weighted by molar-refractivity contribution is -0.110. The molecule has 3 aromatic rings. The molecule has 0 spiro atoms. The van der Waals surface area contributed by atoms with Crippen LogP contribution in [0.3, 0.4) is 0 Å². The molecule has 5 heteroatoms. The van der Waals surface area contributed by atoms with Gasteiger partial charge in [-0.15, -0.1) is 0 Å². The van der Waals surface area contributed by atoms with E-state index >= 15 is 0 Å². The lowest BCUT2D eigenvalue weighted by atomic mass is 10.0. The van der Waals surface area contributed by atoms with Crippen LogP contribution in [0.25, 0.3) is 5.65 Å². The van der Waals surface area contributed by atoms with Crippen molar-refractivity contribution in [3.8, 4) is 0 Å². The summed E-state index contributed by atoms with van der Waals surface area (Å²) in [6, 6.07) is 11.7. The van der Waals surface area contributed by atoms with E-state index in [0.717, 1.165) is 32.6 Å². The number of nitrogens with zero attached hydrogens (tertiary/aromatic N) is 2. The highest BCUT2D eigenvalue weighted by atomic mass is 79.9. The normalized spacial score (nSPS) is 20.9. The predicted octanol–water partition coefficient (Wildman–Crippen LogP) is 3.52. The highest BCUT2D eigenvalue weighted by molar-refractivity contribution is 9.10. The van der Waals surface area contributed by atoms with Crippen molar-refractivity contribution in [1.29, 1.82) is 0 Å². The first-order valence-electron chi connectivity index (χ1n) is 6.71. The fourth-order valence-corrected chi connectivity index (χ4v) is 3.27. The maximum Gasteiger partial charge on any atom is 0.182 e. The molecule has 4 rings (SSSR count). The lowest BCUT2D eigenvalue weighted by Gasteiger charge is -2.13. The number of aromatic nitrogens is 2. The summed E-state index contributed by atoms with van der Waals surface area (Å²) in [6.07, 6.45) is 0.783. The van der Waals surface area contributed by atoms with E-state index in [1.54, 1.807) is 0 Å². The summed E-state index contributed by atoms with van der Waals surface area (Å²) in [5, 5.41) is 10.1. The molecule has 2 atom stereocenters. The molecule has 4 nitrogen and oxygen atoms in total. The maximum absolute atomic E-state index is 10.1. The van der Waals surface area contributed by atoms with Crippen molar-refractivity contribution in [2.45, 2.75) is 19.3 Å². The van der Waals surface area contributed by atoms with Gasteiger partial charge < -0.3 is 9.84 Å². The summed E-state index contributed by atoms with van der Waals surface area (Å²) in [5.41, 5.74) is 4.55. The third-order valence-corrected chi connectivity index (χ3v) is 4.33. The Kier molecular flexibility index (Phi) is 2.89. The fraction of sp³-hybridized carbons (Fsp3) is 0.188. The summed E-state index contributed by atoms with van der Waals surface area (Å²) in [5.74, 6) is 0. The minimum atomic E-state index is -0.886. The average molecular weight is 345 g/mol. The standard InChI is InChI=1S/C16H13BrN2O2/c1-9-14(19-8-10(17)6-7-13(19)18-9)15-11-4-2-3-5-12(11)16(20)21-15/h2-8,15-16,20H,1H3. The molecular formula is C16H13BrN2O2. The SMILES string of the molecule is Cc1nc2ccc(Br)cn2c1C1OC(O)c2ccccc21. The van der Waals surface area contributed by atoms with Crippen molar-refractivity contribution in [2.24, 2.45) is 0 Å². The Morgan fingerprint density at radius 2 is 1.95 bits per heavy atom. The number of aliphatic hydroxyl groups excluding tert-OH is 1. The maximum atomic E-state index is 10.1. The van der Waals surface area contributed by atoms with Gasteiger partial charge in [0.25, 0.3) is 0 Å². The van der Waals surface area contributed by atoms with Crippen LogP contribution >= 0.6 is 15.9 Å². The van der Waals surface area contributed by atoms with Gasteiger partial charge >= 0.3 is 0 Å². The Hall–Kier alpha value is -1.69. The van der Waals surface area contributed by atoms with Crippen molar-refractivity contribution in [3.05, 3.63) is 69.6 Å². The molecule has 0 fully saturated rings. The minimum absolute atomic E-state index is 0.305. The van der Waals surface area contributed by atoms with Crippen molar-refractivity contribution in [2.75, 3.05) is 0 Å². The monoisotopic (exact) mass is 344 g/mol. The average Bonchev–Trinajstić information content (AvgIpc) is 2.96. The van der Waals surface area contributed by atoms with E-state index in [-0.39, 0.29) is 6.10 Å². The second-order valence-corrected chi connectivity index (χ2v) is 6.07. The van der Waals surface area contributed by atoms with Gasteiger partial charge in [-0.05, 0) is 40.5 Å². The Morgan fingerprint density at radius 3 is 2.76 bits per heavy atom. The summed E-state index contributed by atoms with van der Waals surface area (Å²) in [4.78, 5) is 4.58. The third-order valence-electron chi connectivity index (χ3n) is 3.86. The predicted molar refractivity (Wildman–Crippen MR) is 82.0 cm³/mol. The summed E-state index contributed by atoms with van der Waals surface area (Å²) < 4.78 is 8.77. The Labute approximate surface area is 130 Å². The van der Waals surface area contributed by atoms with Crippen molar-refractivity contribution in [3.63, 3.8) is 0 Å². The molecule has 1 aliphatic rings. The molecule has 0 radical (unpaired) electrons. The number of aliphatic hydroxyl groups is 1. The van der Waals surface area contributed by atoms with Crippen molar-refractivity contribution < 1.29 is 9.84 Å². The Balaban J connectivity index is 1.96. The number of pyridine rings is 1. The number of fused-ring (bicyclic) bond motifs is 2. The van der Waals surface area contributed by atoms with Gasteiger partial charge in [-0.2, -0.15) is 0 Å². The number of benzene rings is 1. The van der Waals surface area contributed by atoms with Gasteiger partial charge in [0, 0.05) is 16.2 Å². The first kappa shape index (κ1) is 13.0. The quantitative estimate of drug-likeness (QED) is 0.734. The molecule has 0 aliphatic carbocycles. The van der Waals surface area contributed by atoms with Crippen LogP contribution in [0, 0.1) is 6.92 Å². The molecule has 2 aromatic heterocycles. The highest BCUT2D eigenvalue weighted by Crippen LogP contribution is 2.42. The zero-order chi connectivity index (χ0) is 14.6. The first-order valence-corrected chi connectivity index (χ1v) is 7.51. The van der Waals surface area contributed by atoms with Gasteiger partial charge in [0.2, 0.25) is 0 Å². The Bertz CT molecular complexity index is 843. The van der Waals surface area contributed by atoms with E-state index in [9.17, 15) is 5.11 Å². The van der Waals surface area contributed by atoms with Crippen LogP contribution in [0.5, 0.6) is 0 Å². The molecule has 106 valence electrons. The molecule has 1 aromatic carbocycles. The highest BCUT2D eigenvalue weighted by Gasteiger charge is 2.34. The minimum Gasteiger partial charge on any atom is -0.364 e. The number of halogens is 1. The number of rotatable bonds is 1. The number of hydrogen-bond donors (Lipinski definition) is 1. The molecular weight excluding hydrogens is 332 g/mol. The van der Waals surface area contributed by atoms with Crippen LogP contribution in [0.4, 0.5) is 0 Å². The summed E-state index contributed by atoms with van der Waals surface area (Å²) in [7, 11) is 0. The topological polar surface area (TPSA) is 46.8 Å². The van der Waals surface area contributed by atoms with Gasteiger partial charge in [0.05, 0.1) is 11.4 Å². The van der Waals surface area contributed by atoms with Crippen LogP contribution < -0.4 is 0 Å². The van der Waals surface area contributed by atoms with Crippen LogP contribution in [0.15, 0.2) is 47.1 Å². The zero-order valence-corrected chi connectivity index (χ0v) is 12.9. The van der Waals surface area contributed by atoms with Crippen LogP contribution in [-0.4, -0.2) is 14.5 Å². The van der Waals surface area contributed by atoms with Crippen molar-refractivity contribution >= 4 is 21.6 Å². The zero-order valence-electron chi connectivity index (χ0n) is 11.3. The van der Waals surface area contributed by atoms with Crippen LogP contribution in [-0.2, 0) is 4.74 Å². The van der Waals surface area contributed by atoms with Crippen LogP contribution in [0.2, 0.25) is 0 Å². The largest absolute Gasteiger partial charge is 0.364 e. The van der Waals surface area contributed by atoms with E-state index in [4.69, 9.17) is 4.74 Å². The molecule has 21 heavy (non-hydrogen) atoms. The molecule has 0 bridgehead atoms. The molecule has 0 amide bonds. The fourth-order valence-electron chi connectivity index (χ4n) is 2.93. The Morgan fingerprint density at radius 1 is 1.19 bits per heavy atom. The summed E-state index contributed by atoms with van der Waals surface area (Å²) >= 11 is 3.49. The lowest BCUT2D eigenvalue weighted by Crippen LogP contribution is -2.05. The summed E-state index contributed by atoms with van der Waals surface area (Å²) in [6.45, 7) is 1.97. The van der Waals surface area contributed by atoms with E-state index in [2.05, 4.69) is 20.9 Å². The molecule has 0 saturated carbocycles. The van der Waals surface area contributed by atoms with E-state index in [0.29, 0.717) is 0 Å². The van der Waals surface area contributed by atoms with Crippen LogP contribution in [0.1, 0.15) is 34.9 Å². The van der Waals surface area contributed by atoms with E-state index in [1.807, 2.05) is 53.9 Å². The number of ether oxygens (including phenoxy) is 1. The smallest absolute Gasteiger partial charge is 0.182 e. The molecule has 3 heterocycles. The number of imidazole rings is 1. The van der Waals surface area contributed by atoms with Gasteiger partial charge in [0.15, 0.2) is 6.29 Å². The van der Waals surface area contributed by atoms with Gasteiger partial charge in [-0.1, -0.05) is 24.3 Å². The van der Waals surface area contributed by atoms with Gasteiger partial charge in [-0.25, -0.2) is 4.98 Å². The number of aryl methyl sites for hydroxylation is 1. The second-order valence-electron chi connectivity index (χ2n) is 5.16. The molecule has 2 unspecified atom stereocenters. The van der Waals surface area contributed by atoms with E-state index in [1.165, 1.54) is 0 Å². The molecule has 0 saturated heterocycles.